The Hall–Kier alpha value is -2.26. The van der Waals surface area contributed by atoms with Crippen LogP contribution in [0.1, 0.15) is 21.1 Å². The molecule has 0 radical (unpaired) electrons. The van der Waals surface area contributed by atoms with Crippen LogP contribution in [0.2, 0.25) is 0 Å². The molecule has 7 nitrogen and oxygen atoms in total. The number of rotatable bonds is 4. The molecular formula is C18H18BrN5O2S. The van der Waals surface area contributed by atoms with Gasteiger partial charge in [0, 0.05) is 40.6 Å². The van der Waals surface area contributed by atoms with Gasteiger partial charge in [-0.2, -0.15) is 5.10 Å². The number of carbonyl (C=O) groups is 1. The first-order valence-electron chi connectivity index (χ1n) is 8.56. The van der Waals surface area contributed by atoms with Crippen LogP contribution < -0.4 is 5.56 Å². The van der Waals surface area contributed by atoms with Gasteiger partial charge in [0.1, 0.15) is 0 Å². The summed E-state index contributed by atoms with van der Waals surface area (Å²) in [6.07, 6.45) is 0. The predicted molar refractivity (Wildman–Crippen MR) is 107 cm³/mol. The Labute approximate surface area is 168 Å². The summed E-state index contributed by atoms with van der Waals surface area (Å²) < 4.78 is 4.13. The number of hydrogen-bond acceptors (Lipinski definition) is 5. The van der Waals surface area contributed by atoms with E-state index in [2.05, 4.69) is 26.1 Å². The molecule has 9 heteroatoms. The van der Waals surface area contributed by atoms with E-state index in [9.17, 15) is 9.59 Å². The molecule has 0 aromatic carbocycles. The number of halogens is 1. The number of carbonyl (C=O) groups excluding carboxylic acids is 1. The standard InChI is InChI=1S/C18H18BrN5O2S/c1-11-5-12(2)24(20-11)16-3-4-17(25)23(21-16)9-13-7-22(8-13)18(26)15-6-14(19)10-27-15/h3-6,10,13H,7-9H2,1-2H3. The van der Waals surface area contributed by atoms with E-state index >= 15 is 0 Å². The summed E-state index contributed by atoms with van der Waals surface area (Å²) in [5, 5.41) is 10.8. The van der Waals surface area contributed by atoms with Crippen molar-refractivity contribution < 1.29 is 4.79 Å². The number of aryl methyl sites for hydroxylation is 2. The van der Waals surface area contributed by atoms with E-state index in [0.29, 0.717) is 25.5 Å². The first kappa shape index (κ1) is 18.1. The molecule has 0 N–H and O–H groups in total. The second-order valence-corrected chi connectivity index (χ2v) is 8.58. The summed E-state index contributed by atoms with van der Waals surface area (Å²) in [6, 6.07) is 7.01. The quantitative estimate of drug-likeness (QED) is 0.615. The highest BCUT2D eigenvalue weighted by molar-refractivity contribution is 9.10. The highest BCUT2D eigenvalue weighted by Crippen LogP contribution is 2.25. The molecule has 0 spiro atoms. The lowest BCUT2D eigenvalue weighted by Crippen LogP contribution is -2.52. The van der Waals surface area contributed by atoms with E-state index < -0.39 is 0 Å². The zero-order chi connectivity index (χ0) is 19.1. The van der Waals surface area contributed by atoms with Crippen LogP contribution in [0.5, 0.6) is 0 Å². The van der Waals surface area contributed by atoms with E-state index in [4.69, 9.17) is 0 Å². The van der Waals surface area contributed by atoms with E-state index in [1.807, 2.05) is 31.4 Å². The Morgan fingerprint density at radius 1 is 1.26 bits per heavy atom. The number of aromatic nitrogens is 4. The minimum Gasteiger partial charge on any atom is -0.337 e. The Morgan fingerprint density at radius 3 is 2.67 bits per heavy atom. The largest absolute Gasteiger partial charge is 0.337 e. The molecule has 0 bridgehead atoms. The van der Waals surface area contributed by atoms with Gasteiger partial charge in [-0.15, -0.1) is 16.4 Å². The van der Waals surface area contributed by atoms with Gasteiger partial charge in [-0.25, -0.2) is 9.36 Å². The van der Waals surface area contributed by atoms with Crippen molar-refractivity contribution in [1.82, 2.24) is 24.5 Å². The monoisotopic (exact) mass is 447 g/mol. The van der Waals surface area contributed by atoms with E-state index in [1.165, 1.54) is 22.1 Å². The molecule has 140 valence electrons. The van der Waals surface area contributed by atoms with Gasteiger partial charge in [-0.1, -0.05) is 0 Å². The number of likely N-dealkylation sites (tertiary alicyclic amines) is 1. The summed E-state index contributed by atoms with van der Waals surface area (Å²) in [4.78, 5) is 27.1. The molecule has 4 rings (SSSR count). The van der Waals surface area contributed by atoms with Crippen LogP contribution in [0.3, 0.4) is 0 Å². The average molecular weight is 448 g/mol. The van der Waals surface area contributed by atoms with Crippen LogP contribution in [0, 0.1) is 19.8 Å². The smallest absolute Gasteiger partial charge is 0.266 e. The van der Waals surface area contributed by atoms with Crippen molar-refractivity contribution in [3.8, 4) is 5.82 Å². The van der Waals surface area contributed by atoms with Gasteiger partial charge in [0.05, 0.1) is 17.1 Å². The zero-order valence-corrected chi connectivity index (χ0v) is 17.3. The lowest BCUT2D eigenvalue weighted by molar-refractivity contribution is 0.0463. The van der Waals surface area contributed by atoms with Crippen molar-refractivity contribution in [2.24, 2.45) is 5.92 Å². The van der Waals surface area contributed by atoms with Crippen LogP contribution in [-0.2, 0) is 6.54 Å². The first-order valence-corrected chi connectivity index (χ1v) is 10.2. The molecule has 0 saturated carbocycles. The highest BCUT2D eigenvalue weighted by Gasteiger charge is 2.32. The third-order valence-corrected chi connectivity index (χ3v) is 6.21. The fraction of sp³-hybridized carbons (Fsp3) is 0.333. The van der Waals surface area contributed by atoms with Crippen LogP contribution in [0.25, 0.3) is 5.82 Å². The summed E-state index contributed by atoms with van der Waals surface area (Å²) in [5.41, 5.74) is 1.72. The first-order chi connectivity index (χ1) is 12.9. The molecule has 4 heterocycles. The van der Waals surface area contributed by atoms with Gasteiger partial charge in [-0.05, 0) is 48.0 Å². The molecule has 1 fully saturated rings. The Kier molecular flexibility index (Phi) is 4.73. The fourth-order valence-electron chi connectivity index (χ4n) is 3.22. The molecular weight excluding hydrogens is 430 g/mol. The molecule has 0 aliphatic carbocycles. The lowest BCUT2D eigenvalue weighted by Gasteiger charge is -2.39. The van der Waals surface area contributed by atoms with Gasteiger partial charge in [-0.3, -0.25) is 9.59 Å². The molecule has 3 aromatic heterocycles. The third kappa shape index (κ3) is 3.61. The number of nitrogens with zero attached hydrogens (tertiary/aromatic N) is 5. The minimum absolute atomic E-state index is 0.0404. The highest BCUT2D eigenvalue weighted by atomic mass is 79.9. The van der Waals surface area contributed by atoms with E-state index in [-0.39, 0.29) is 17.4 Å². The Balaban J connectivity index is 1.45. The van der Waals surface area contributed by atoms with E-state index in [0.717, 1.165) is 20.7 Å². The zero-order valence-electron chi connectivity index (χ0n) is 14.9. The van der Waals surface area contributed by atoms with E-state index in [1.54, 1.807) is 15.6 Å². The van der Waals surface area contributed by atoms with Crippen LogP contribution in [0.15, 0.2) is 38.9 Å². The van der Waals surface area contributed by atoms with Gasteiger partial charge < -0.3 is 4.90 Å². The minimum atomic E-state index is -0.146. The molecule has 0 atom stereocenters. The second-order valence-electron chi connectivity index (χ2n) is 6.76. The normalized spacial score (nSPS) is 14.4. The number of amides is 1. The predicted octanol–water partition coefficient (Wildman–Crippen LogP) is 2.64. The molecule has 27 heavy (non-hydrogen) atoms. The van der Waals surface area contributed by atoms with Crippen molar-refractivity contribution in [3.05, 3.63) is 60.7 Å². The summed E-state index contributed by atoms with van der Waals surface area (Å²) >= 11 is 4.80. The third-order valence-electron chi connectivity index (χ3n) is 4.53. The SMILES string of the molecule is Cc1cc(C)n(-c2ccc(=O)n(CC3CN(C(=O)c4cc(Br)cs4)C3)n2)n1. The van der Waals surface area contributed by atoms with Crippen LogP contribution >= 0.6 is 27.3 Å². The van der Waals surface area contributed by atoms with Crippen molar-refractivity contribution in [2.45, 2.75) is 20.4 Å². The van der Waals surface area contributed by atoms with Gasteiger partial charge in [0.15, 0.2) is 5.82 Å². The Morgan fingerprint density at radius 2 is 2.04 bits per heavy atom. The van der Waals surface area contributed by atoms with Gasteiger partial charge in [0.2, 0.25) is 0 Å². The van der Waals surface area contributed by atoms with Gasteiger partial charge in [0.25, 0.3) is 11.5 Å². The Bertz CT molecular complexity index is 1060. The van der Waals surface area contributed by atoms with Crippen molar-refractivity contribution >= 4 is 33.2 Å². The van der Waals surface area contributed by atoms with Crippen LogP contribution in [-0.4, -0.2) is 43.5 Å². The molecule has 1 aliphatic heterocycles. The molecule has 1 aliphatic rings. The maximum atomic E-state index is 12.4. The summed E-state index contributed by atoms with van der Waals surface area (Å²) in [5.74, 6) is 0.882. The van der Waals surface area contributed by atoms with Crippen molar-refractivity contribution in [2.75, 3.05) is 13.1 Å². The maximum Gasteiger partial charge on any atom is 0.266 e. The second kappa shape index (κ2) is 7.05. The summed E-state index contributed by atoms with van der Waals surface area (Å²) in [6.45, 7) is 5.63. The molecule has 0 unspecified atom stereocenters. The molecule has 1 saturated heterocycles. The maximum absolute atomic E-state index is 12.4. The summed E-state index contributed by atoms with van der Waals surface area (Å²) in [7, 11) is 0. The number of hydrogen-bond donors (Lipinski definition) is 0. The number of thiophene rings is 1. The van der Waals surface area contributed by atoms with Crippen LogP contribution in [0.4, 0.5) is 0 Å². The van der Waals surface area contributed by atoms with Gasteiger partial charge >= 0.3 is 0 Å². The van der Waals surface area contributed by atoms with Crippen molar-refractivity contribution in [3.63, 3.8) is 0 Å². The lowest BCUT2D eigenvalue weighted by atomic mass is 10.00. The molecule has 1 amide bonds. The average Bonchev–Trinajstić information content (AvgIpc) is 3.16. The topological polar surface area (TPSA) is 73.0 Å². The van der Waals surface area contributed by atoms with Crippen molar-refractivity contribution in [1.29, 1.82) is 0 Å². The molecule has 3 aromatic rings. The fourth-order valence-corrected chi connectivity index (χ4v) is 4.61.